The van der Waals surface area contributed by atoms with E-state index in [0.717, 1.165) is 17.0 Å². The van der Waals surface area contributed by atoms with Gasteiger partial charge in [-0.15, -0.1) is 0 Å². The van der Waals surface area contributed by atoms with Crippen LogP contribution in [0.3, 0.4) is 0 Å². The van der Waals surface area contributed by atoms with Gasteiger partial charge >= 0.3 is 11.9 Å². The molecule has 10 heteroatoms. The van der Waals surface area contributed by atoms with Gasteiger partial charge in [-0.25, -0.2) is 4.79 Å². The van der Waals surface area contributed by atoms with Crippen LogP contribution < -0.4 is 0 Å². The summed E-state index contributed by atoms with van der Waals surface area (Å²) < 4.78 is 10.5. The number of nitrogens with zero attached hydrogens (tertiary/aromatic N) is 2. The van der Waals surface area contributed by atoms with Crippen LogP contribution in [-0.2, 0) is 25.5 Å². The lowest BCUT2D eigenvalue weighted by molar-refractivity contribution is -0.384. The zero-order valence-corrected chi connectivity index (χ0v) is 20.4. The Morgan fingerprint density at radius 2 is 1.91 bits per heavy atom. The van der Waals surface area contributed by atoms with E-state index in [9.17, 15) is 19.7 Å². The number of aliphatic imine (C=N–C) groups is 1. The van der Waals surface area contributed by atoms with Crippen molar-refractivity contribution in [3.63, 3.8) is 0 Å². The fourth-order valence-electron chi connectivity index (χ4n) is 4.33. The van der Waals surface area contributed by atoms with Gasteiger partial charge in [0.05, 0.1) is 24.2 Å². The Bertz CT molecular complexity index is 1210. The summed E-state index contributed by atoms with van der Waals surface area (Å²) in [7, 11) is 1.23. The molecule has 2 heterocycles. The lowest BCUT2D eigenvalue weighted by Gasteiger charge is -2.31. The van der Waals surface area contributed by atoms with Crippen LogP contribution in [0.4, 0.5) is 5.69 Å². The van der Waals surface area contributed by atoms with E-state index in [1.807, 2.05) is 19.9 Å². The van der Waals surface area contributed by atoms with E-state index < -0.39 is 28.7 Å². The maximum atomic E-state index is 13.3. The number of nitro benzene ring substituents is 1. The van der Waals surface area contributed by atoms with Gasteiger partial charge in [0, 0.05) is 52.3 Å². The van der Waals surface area contributed by atoms with Crippen LogP contribution in [0.2, 0.25) is 5.02 Å². The molecule has 2 aromatic rings. The van der Waals surface area contributed by atoms with E-state index in [0.29, 0.717) is 17.8 Å². The summed E-state index contributed by atoms with van der Waals surface area (Å²) in [6, 6.07) is 5.90. The summed E-state index contributed by atoms with van der Waals surface area (Å²) in [5.41, 5.74) is 3.95. The molecule has 0 aliphatic carbocycles. The number of allylic oxidation sites excluding steroid dienone is 1. The Balaban J connectivity index is 2.01. The third-order valence-corrected chi connectivity index (χ3v) is 6.23. The number of hydrogen-bond acceptors (Lipinski definition) is 7. The minimum Gasteiger partial charge on any atom is -0.468 e. The summed E-state index contributed by atoms with van der Waals surface area (Å²) >= 11 is 6.42. The van der Waals surface area contributed by atoms with Crippen LogP contribution in [0.1, 0.15) is 42.3 Å². The van der Waals surface area contributed by atoms with Crippen molar-refractivity contribution >= 4 is 34.9 Å². The monoisotopic (exact) mass is 487 g/mol. The number of ether oxygens (including phenoxy) is 2. The van der Waals surface area contributed by atoms with Crippen molar-refractivity contribution in [3.8, 4) is 0 Å². The molecule has 1 aromatic heterocycles. The summed E-state index contributed by atoms with van der Waals surface area (Å²) in [4.78, 5) is 44.5. The highest BCUT2D eigenvalue weighted by atomic mass is 35.5. The van der Waals surface area contributed by atoms with Gasteiger partial charge in [0.25, 0.3) is 5.69 Å². The normalized spacial score (nSPS) is 17.9. The lowest BCUT2D eigenvalue weighted by Crippen LogP contribution is -2.36. The Labute approximate surface area is 202 Å². The SMILES string of the molecule is COC(=O)C1C(C)=NC(C)=C(C(=O)OCCc2cc(C)[nH]c2C)C1c1cc([N+](=O)[O-])ccc1Cl. The van der Waals surface area contributed by atoms with Crippen LogP contribution in [0.15, 0.2) is 40.5 Å². The molecule has 34 heavy (non-hydrogen) atoms. The quantitative estimate of drug-likeness (QED) is 0.345. The number of carbonyl (C=O) groups is 2. The number of methoxy groups -OCH3 is 1. The number of aromatic nitrogens is 1. The number of rotatable bonds is 7. The van der Waals surface area contributed by atoms with E-state index in [4.69, 9.17) is 21.1 Å². The smallest absolute Gasteiger partial charge is 0.336 e. The standard InChI is InChI=1S/C24H26ClN3O6/c1-12-10-16(13(2)26-12)8-9-34-24(30)21-15(4)27-14(3)20(23(29)33-5)22(21)18-11-17(28(31)32)6-7-19(18)25/h6-7,10-11,20,22,26H,8-9H2,1-5H3. The Hall–Kier alpha value is -3.46. The van der Waals surface area contributed by atoms with E-state index in [2.05, 4.69) is 9.98 Å². The predicted octanol–water partition coefficient (Wildman–Crippen LogP) is 4.60. The molecule has 180 valence electrons. The highest BCUT2D eigenvalue weighted by Gasteiger charge is 2.43. The molecule has 0 saturated heterocycles. The van der Waals surface area contributed by atoms with Crippen molar-refractivity contribution in [3.05, 3.63) is 73.2 Å². The van der Waals surface area contributed by atoms with Gasteiger partial charge in [-0.1, -0.05) is 11.6 Å². The zero-order valence-electron chi connectivity index (χ0n) is 19.6. The van der Waals surface area contributed by atoms with E-state index in [1.165, 1.54) is 25.3 Å². The largest absolute Gasteiger partial charge is 0.468 e. The Morgan fingerprint density at radius 1 is 1.21 bits per heavy atom. The number of benzene rings is 1. The van der Waals surface area contributed by atoms with Crippen LogP contribution in [0.5, 0.6) is 0 Å². The molecule has 2 unspecified atom stereocenters. The average Bonchev–Trinajstić information content (AvgIpc) is 3.09. The molecule has 0 spiro atoms. The van der Waals surface area contributed by atoms with Gasteiger partial charge in [-0.2, -0.15) is 0 Å². The molecule has 0 amide bonds. The maximum absolute atomic E-state index is 13.3. The van der Waals surface area contributed by atoms with E-state index >= 15 is 0 Å². The topological polar surface area (TPSA) is 124 Å². The number of H-pyrrole nitrogens is 1. The number of nitro groups is 1. The Morgan fingerprint density at radius 3 is 2.50 bits per heavy atom. The van der Waals surface area contributed by atoms with Gasteiger partial charge in [-0.05, 0) is 51.0 Å². The van der Waals surface area contributed by atoms with Crippen molar-refractivity contribution in [2.75, 3.05) is 13.7 Å². The average molecular weight is 488 g/mol. The molecule has 3 rings (SSSR count). The molecule has 9 nitrogen and oxygen atoms in total. The van der Waals surface area contributed by atoms with Gasteiger partial charge in [0.15, 0.2) is 0 Å². The molecule has 0 radical (unpaired) electrons. The van der Waals surface area contributed by atoms with Crippen LogP contribution in [0.25, 0.3) is 0 Å². The van der Waals surface area contributed by atoms with Crippen molar-refractivity contribution in [1.29, 1.82) is 0 Å². The van der Waals surface area contributed by atoms with Crippen molar-refractivity contribution in [1.82, 2.24) is 4.98 Å². The highest BCUT2D eigenvalue weighted by molar-refractivity contribution is 6.31. The molecule has 0 fully saturated rings. The number of aryl methyl sites for hydroxylation is 2. The molecule has 0 bridgehead atoms. The summed E-state index contributed by atoms with van der Waals surface area (Å²) in [6.45, 7) is 7.26. The van der Waals surface area contributed by atoms with Gasteiger partial charge in [0.2, 0.25) is 0 Å². The van der Waals surface area contributed by atoms with Gasteiger partial charge < -0.3 is 14.5 Å². The maximum Gasteiger partial charge on any atom is 0.336 e. The first kappa shape index (κ1) is 25.2. The van der Waals surface area contributed by atoms with Crippen molar-refractivity contribution < 1.29 is 24.0 Å². The third kappa shape index (κ3) is 5.04. The minimum atomic E-state index is -0.995. The summed E-state index contributed by atoms with van der Waals surface area (Å²) in [5.74, 6) is -3.25. The van der Waals surface area contributed by atoms with Gasteiger partial charge in [-0.3, -0.25) is 19.9 Å². The lowest BCUT2D eigenvalue weighted by atomic mass is 9.75. The number of carbonyl (C=O) groups excluding carboxylic acids is 2. The Kier molecular flexibility index (Phi) is 7.56. The van der Waals surface area contributed by atoms with Crippen LogP contribution in [0, 0.1) is 29.9 Å². The minimum absolute atomic E-state index is 0.106. The second kappa shape index (κ2) is 10.2. The molecule has 1 aliphatic heterocycles. The molecule has 1 N–H and O–H groups in total. The molecule has 1 aliphatic rings. The molecule has 1 aromatic carbocycles. The zero-order chi connectivity index (χ0) is 25.2. The molecular weight excluding hydrogens is 462 g/mol. The van der Waals surface area contributed by atoms with Crippen molar-refractivity contribution in [2.45, 2.75) is 40.0 Å². The molecule has 2 atom stereocenters. The summed E-state index contributed by atoms with van der Waals surface area (Å²) in [5, 5.41) is 11.6. The van der Waals surface area contributed by atoms with Crippen molar-refractivity contribution in [2.24, 2.45) is 10.9 Å². The second-order valence-electron chi connectivity index (χ2n) is 8.18. The number of hydrogen-bond donors (Lipinski definition) is 1. The highest BCUT2D eigenvalue weighted by Crippen LogP contribution is 2.43. The predicted molar refractivity (Wildman–Crippen MR) is 127 cm³/mol. The number of nitrogens with one attached hydrogen (secondary N) is 1. The first-order valence-corrected chi connectivity index (χ1v) is 11.0. The fourth-order valence-corrected chi connectivity index (χ4v) is 4.56. The fraction of sp³-hybridized carbons (Fsp3) is 0.375. The van der Waals surface area contributed by atoms with E-state index in [1.54, 1.807) is 13.8 Å². The van der Waals surface area contributed by atoms with E-state index in [-0.39, 0.29) is 28.5 Å². The van der Waals surface area contributed by atoms with Crippen LogP contribution >= 0.6 is 11.6 Å². The number of esters is 2. The third-order valence-electron chi connectivity index (χ3n) is 5.89. The van der Waals surface area contributed by atoms with Gasteiger partial charge in [0.1, 0.15) is 5.92 Å². The first-order valence-electron chi connectivity index (χ1n) is 10.6. The number of halogens is 1. The molecular formula is C24H26ClN3O6. The second-order valence-corrected chi connectivity index (χ2v) is 8.59. The number of aromatic amines is 1. The summed E-state index contributed by atoms with van der Waals surface area (Å²) in [6.07, 6.45) is 0.499. The molecule has 0 saturated carbocycles. The van der Waals surface area contributed by atoms with Crippen LogP contribution in [-0.4, -0.2) is 41.3 Å². The number of non-ortho nitro benzene ring substituents is 1. The first-order chi connectivity index (χ1) is 16.0.